The summed E-state index contributed by atoms with van der Waals surface area (Å²) in [6, 6.07) is 11.6. The fourth-order valence-corrected chi connectivity index (χ4v) is 2.55. The monoisotopic (exact) mass is 306 g/mol. The molecule has 0 fully saturated rings. The number of alkyl halides is 1. The molecule has 0 aliphatic rings. The zero-order valence-electron chi connectivity index (χ0n) is 12.6. The number of aryl methyl sites for hydroxylation is 1. The largest absolute Gasteiger partial charge is 0.496 e. The van der Waals surface area contributed by atoms with E-state index in [1.165, 1.54) is 0 Å². The minimum atomic E-state index is -0.320. The van der Waals surface area contributed by atoms with Crippen molar-refractivity contribution < 1.29 is 14.2 Å². The maximum atomic E-state index is 6.64. The molecule has 0 aliphatic heterocycles. The Bertz CT molecular complexity index is 625. The van der Waals surface area contributed by atoms with E-state index >= 15 is 0 Å². The first-order valence-corrected chi connectivity index (χ1v) is 7.05. The normalized spacial score (nSPS) is 11.9. The van der Waals surface area contributed by atoms with Crippen molar-refractivity contribution in [2.24, 2.45) is 0 Å². The Morgan fingerprint density at radius 3 is 2.05 bits per heavy atom. The lowest BCUT2D eigenvalue weighted by Crippen LogP contribution is -1.99. The van der Waals surface area contributed by atoms with Gasteiger partial charge in [-0.1, -0.05) is 23.8 Å². The fourth-order valence-electron chi connectivity index (χ4n) is 2.24. The molecule has 2 rings (SSSR count). The number of rotatable bonds is 5. The molecule has 0 saturated carbocycles. The van der Waals surface area contributed by atoms with E-state index in [0.29, 0.717) is 11.5 Å². The zero-order chi connectivity index (χ0) is 15.4. The summed E-state index contributed by atoms with van der Waals surface area (Å²) in [4.78, 5) is 0. The van der Waals surface area contributed by atoms with Gasteiger partial charge in [0.1, 0.15) is 5.75 Å². The van der Waals surface area contributed by atoms with Gasteiger partial charge in [0, 0.05) is 5.56 Å². The van der Waals surface area contributed by atoms with E-state index in [4.69, 9.17) is 25.8 Å². The molecule has 21 heavy (non-hydrogen) atoms. The van der Waals surface area contributed by atoms with Crippen molar-refractivity contribution in [2.45, 2.75) is 12.3 Å². The summed E-state index contributed by atoms with van der Waals surface area (Å²) in [6.45, 7) is 2.03. The number of methoxy groups -OCH3 is 3. The molecule has 0 amide bonds. The second-order valence-electron chi connectivity index (χ2n) is 4.72. The molecule has 0 radical (unpaired) electrons. The highest BCUT2D eigenvalue weighted by Crippen LogP contribution is 2.39. The van der Waals surface area contributed by atoms with Crippen LogP contribution in [0.15, 0.2) is 36.4 Å². The first-order valence-electron chi connectivity index (χ1n) is 6.61. The molecule has 1 unspecified atom stereocenters. The van der Waals surface area contributed by atoms with Crippen molar-refractivity contribution in [3.8, 4) is 17.2 Å². The third kappa shape index (κ3) is 3.24. The van der Waals surface area contributed by atoms with Crippen molar-refractivity contribution in [2.75, 3.05) is 21.3 Å². The van der Waals surface area contributed by atoms with Crippen LogP contribution >= 0.6 is 11.6 Å². The molecule has 0 heterocycles. The minimum Gasteiger partial charge on any atom is -0.496 e. The molecular weight excluding hydrogens is 288 g/mol. The predicted molar refractivity (Wildman–Crippen MR) is 85.0 cm³/mol. The van der Waals surface area contributed by atoms with Crippen molar-refractivity contribution >= 4 is 11.6 Å². The van der Waals surface area contributed by atoms with Crippen molar-refractivity contribution in [3.05, 3.63) is 53.1 Å². The molecule has 1 atom stereocenters. The van der Waals surface area contributed by atoms with Crippen molar-refractivity contribution in [1.82, 2.24) is 0 Å². The summed E-state index contributed by atoms with van der Waals surface area (Å²) in [5.41, 5.74) is 3.00. The molecule has 4 heteroatoms. The topological polar surface area (TPSA) is 27.7 Å². The van der Waals surface area contributed by atoms with Crippen molar-refractivity contribution in [3.63, 3.8) is 0 Å². The first-order chi connectivity index (χ1) is 10.1. The second kappa shape index (κ2) is 6.72. The molecule has 0 spiro atoms. The molecule has 2 aromatic carbocycles. The molecular formula is C17H19ClO3. The van der Waals surface area contributed by atoms with Gasteiger partial charge in [0.2, 0.25) is 0 Å². The Morgan fingerprint density at radius 1 is 0.810 bits per heavy atom. The van der Waals surface area contributed by atoms with Crippen molar-refractivity contribution in [1.29, 1.82) is 0 Å². The third-order valence-corrected chi connectivity index (χ3v) is 3.85. The lowest BCUT2D eigenvalue weighted by atomic mass is 10.0. The average molecular weight is 307 g/mol. The van der Waals surface area contributed by atoms with Crippen LogP contribution in [0, 0.1) is 6.92 Å². The Kier molecular flexibility index (Phi) is 4.97. The van der Waals surface area contributed by atoms with E-state index in [1.807, 2.05) is 43.3 Å². The molecule has 2 aromatic rings. The Morgan fingerprint density at radius 2 is 1.43 bits per heavy atom. The highest BCUT2D eigenvalue weighted by Gasteiger charge is 2.18. The summed E-state index contributed by atoms with van der Waals surface area (Å²) in [7, 11) is 4.86. The van der Waals surface area contributed by atoms with Crippen LogP contribution in [0.4, 0.5) is 0 Å². The third-order valence-electron chi connectivity index (χ3n) is 3.36. The summed E-state index contributed by atoms with van der Waals surface area (Å²) >= 11 is 6.64. The van der Waals surface area contributed by atoms with Gasteiger partial charge in [-0.3, -0.25) is 0 Å². The van der Waals surface area contributed by atoms with Crippen LogP contribution in [0.5, 0.6) is 17.2 Å². The lowest BCUT2D eigenvalue weighted by molar-refractivity contribution is 0.354. The Hall–Kier alpha value is -1.87. The van der Waals surface area contributed by atoms with Gasteiger partial charge < -0.3 is 14.2 Å². The van der Waals surface area contributed by atoms with Gasteiger partial charge >= 0.3 is 0 Å². The summed E-state index contributed by atoms with van der Waals surface area (Å²) in [5, 5.41) is -0.320. The number of benzene rings is 2. The first kappa shape index (κ1) is 15.5. The standard InChI is InChI=1S/C17H19ClO3/c1-11-5-7-14(19-2)13(9-11)17(18)12-6-8-15(20-3)16(10-12)21-4/h5-10,17H,1-4H3. The number of halogens is 1. The van der Waals surface area contributed by atoms with Crippen LogP contribution in [0.25, 0.3) is 0 Å². The summed E-state index contributed by atoms with van der Waals surface area (Å²) in [5.74, 6) is 2.11. The van der Waals surface area contributed by atoms with Crippen LogP contribution in [0.1, 0.15) is 22.1 Å². The van der Waals surface area contributed by atoms with Gasteiger partial charge in [-0.05, 0) is 30.7 Å². The van der Waals surface area contributed by atoms with Gasteiger partial charge in [-0.2, -0.15) is 0 Å². The Balaban J connectivity index is 2.44. The molecule has 0 aliphatic carbocycles. The maximum Gasteiger partial charge on any atom is 0.161 e. The van der Waals surface area contributed by atoms with Gasteiger partial charge in [-0.15, -0.1) is 11.6 Å². The molecule has 3 nitrogen and oxygen atoms in total. The van der Waals surface area contributed by atoms with E-state index in [2.05, 4.69) is 0 Å². The zero-order valence-corrected chi connectivity index (χ0v) is 13.4. The summed E-state index contributed by atoms with van der Waals surface area (Å²) < 4.78 is 16.0. The van der Waals surface area contributed by atoms with E-state index in [0.717, 1.165) is 22.4 Å². The molecule has 0 saturated heterocycles. The quantitative estimate of drug-likeness (QED) is 0.769. The van der Waals surface area contributed by atoms with Gasteiger partial charge in [-0.25, -0.2) is 0 Å². The van der Waals surface area contributed by atoms with Gasteiger partial charge in [0.05, 0.1) is 26.7 Å². The predicted octanol–water partition coefficient (Wildman–Crippen LogP) is 4.35. The van der Waals surface area contributed by atoms with Gasteiger partial charge in [0.15, 0.2) is 11.5 Å². The minimum absolute atomic E-state index is 0.320. The van der Waals surface area contributed by atoms with E-state index in [9.17, 15) is 0 Å². The molecule has 0 aromatic heterocycles. The van der Waals surface area contributed by atoms with Gasteiger partial charge in [0.25, 0.3) is 0 Å². The molecule has 0 N–H and O–H groups in total. The maximum absolute atomic E-state index is 6.64. The highest BCUT2D eigenvalue weighted by atomic mass is 35.5. The van der Waals surface area contributed by atoms with Crippen LogP contribution in [-0.2, 0) is 0 Å². The van der Waals surface area contributed by atoms with E-state index < -0.39 is 0 Å². The summed E-state index contributed by atoms with van der Waals surface area (Å²) in [6.07, 6.45) is 0. The lowest BCUT2D eigenvalue weighted by Gasteiger charge is -2.17. The average Bonchev–Trinajstić information content (AvgIpc) is 2.53. The van der Waals surface area contributed by atoms with E-state index in [1.54, 1.807) is 21.3 Å². The van der Waals surface area contributed by atoms with E-state index in [-0.39, 0.29) is 5.38 Å². The van der Waals surface area contributed by atoms with Crippen LogP contribution in [0.2, 0.25) is 0 Å². The number of hydrogen-bond donors (Lipinski definition) is 0. The second-order valence-corrected chi connectivity index (χ2v) is 5.16. The van der Waals surface area contributed by atoms with Crippen LogP contribution < -0.4 is 14.2 Å². The fraction of sp³-hybridized carbons (Fsp3) is 0.294. The number of hydrogen-bond acceptors (Lipinski definition) is 3. The van der Waals surface area contributed by atoms with Crippen LogP contribution in [-0.4, -0.2) is 21.3 Å². The molecule has 0 bridgehead atoms. The SMILES string of the molecule is COc1ccc(C(Cl)c2cc(C)ccc2OC)cc1OC. The number of ether oxygens (including phenoxy) is 3. The molecule has 112 valence electrons. The Labute approximate surface area is 130 Å². The smallest absolute Gasteiger partial charge is 0.161 e. The van der Waals surface area contributed by atoms with Crippen LogP contribution in [0.3, 0.4) is 0 Å². The highest BCUT2D eigenvalue weighted by molar-refractivity contribution is 6.22.